The summed E-state index contributed by atoms with van der Waals surface area (Å²) in [5.74, 6) is 1.04. The maximum Gasteiger partial charge on any atom is 0.121 e. The molecule has 0 bridgehead atoms. The lowest BCUT2D eigenvalue weighted by Gasteiger charge is -2.34. The lowest BCUT2D eigenvalue weighted by atomic mass is 9.90. The van der Waals surface area contributed by atoms with E-state index in [0.29, 0.717) is 6.04 Å². The molecule has 5 nitrogen and oxygen atoms in total. The molecule has 1 unspecified atom stereocenters. The number of aryl methyl sites for hydroxylation is 2. The molecule has 5 heteroatoms. The molecule has 0 fully saturated rings. The fourth-order valence-corrected chi connectivity index (χ4v) is 4.24. The van der Waals surface area contributed by atoms with Gasteiger partial charge in [0.15, 0.2) is 0 Å². The zero-order valence-electron chi connectivity index (χ0n) is 16.1. The number of nitrogens with zero attached hydrogens (tertiary/aromatic N) is 3. The Kier molecular flexibility index (Phi) is 10.2. The van der Waals surface area contributed by atoms with Crippen LogP contribution in [0.4, 0.5) is 0 Å². The highest BCUT2D eigenvalue weighted by Crippen LogP contribution is 2.34. The highest BCUT2D eigenvalue weighted by Gasteiger charge is 2.27. The molecule has 0 saturated carbocycles. The van der Waals surface area contributed by atoms with E-state index in [1.807, 2.05) is 6.20 Å². The van der Waals surface area contributed by atoms with Gasteiger partial charge in [0, 0.05) is 6.20 Å². The van der Waals surface area contributed by atoms with E-state index < -0.39 is 0 Å². The molecular weight excluding hydrogens is 370 g/mol. The Labute approximate surface area is 183 Å². The number of aromatic nitrogens is 3. The van der Waals surface area contributed by atoms with Crippen LogP contribution in [0.5, 0.6) is 0 Å². The summed E-state index contributed by atoms with van der Waals surface area (Å²) < 4.78 is 0. The Hall–Kier alpha value is -2.24. The summed E-state index contributed by atoms with van der Waals surface area (Å²) in [5.41, 5.74) is 11.8. The van der Waals surface area contributed by atoms with Crippen molar-refractivity contribution in [1.82, 2.24) is 19.9 Å². The molecule has 0 amide bonds. The topological polar surface area (TPSA) is 70.8 Å². The Morgan fingerprint density at radius 3 is 2.73 bits per heavy atom. The first-order valence-electron chi connectivity index (χ1n) is 10.1. The minimum atomic E-state index is 0. The predicted molar refractivity (Wildman–Crippen MR) is 130 cm³/mol. The number of para-hydroxylation sites is 1. The van der Waals surface area contributed by atoms with Gasteiger partial charge >= 0.3 is 0 Å². The molecule has 1 aromatic carbocycles. The highest BCUT2D eigenvalue weighted by atomic mass is 15.2. The number of H-pyrrole nitrogens is 1. The lowest BCUT2D eigenvalue weighted by Crippen LogP contribution is -2.33. The van der Waals surface area contributed by atoms with Gasteiger partial charge in [0.25, 0.3) is 0 Å². The molecule has 0 radical (unpaired) electrons. The van der Waals surface area contributed by atoms with Crippen molar-refractivity contribution in [2.75, 3.05) is 13.1 Å². The van der Waals surface area contributed by atoms with Crippen molar-refractivity contribution in [3.05, 3.63) is 59.2 Å². The molecule has 1 aliphatic rings. The molecule has 1 atom stereocenters. The van der Waals surface area contributed by atoms with Crippen molar-refractivity contribution in [3.8, 4) is 0 Å². The number of fused-ring (bicyclic) bond motifs is 2. The average molecular weight is 412 g/mol. The van der Waals surface area contributed by atoms with Crippen molar-refractivity contribution >= 4 is 11.0 Å². The molecule has 1 aliphatic carbocycles. The molecule has 30 heavy (non-hydrogen) atoms. The van der Waals surface area contributed by atoms with Gasteiger partial charge in [-0.3, -0.25) is 9.88 Å². The van der Waals surface area contributed by atoms with Gasteiger partial charge in [0.05, 0.1) is 29.3 Å². The van der Waals surface area contributed by atoms with E-state index in [9.17, 15) is 0 Å². The number of benzene rings is 1. The first-order chi connectivity index (χ1) is 13.3. The first kappa shape index (κ1) is 25.8. The molecule has 166 valence electrons. The van der Waals surface area contributed by atoms with E-state index in [0.717, 1.165) is 62.2 Å². The van der Waals surface area contributed by atoms with Crippen LogP contribution in [0.3, 0.4) is 0 Å². The summed E-state index contributed by atoms with van der Waals surface area (Å²) in [6, 6.07) is 11.0. The van der Waals surface area contributed by atoms with Crippen molar-refractivity contribution < 1.29 is 0 Å². The van der Waals surface area contributed by atoms with Gasteiger partial charge in [-0.25, -0.2) is 4.98 Å². The number of imidazole rings is 1. The standard InChI is InChI=1S/C22H29N5.3CH4/c1-16-7-4-10-18-21(16)26-20(25-18)15-27(14-3-2-12-23)19-11-5-8-17-9-6-13-24-22(17)19;;;/h4,6-7,9-10,13,19H,2-3,5,8,11-12,14-15,23H2,1H3,(H,25,26);3*1H4. The van der Waals surface area contributed by atoms with Crippen LogP contribution in [-0.2, 0) is 13.0 Å². The predicted octanol–water partition coefficient (Wildman–Crippen LogP) is 5.79. The van der Waals surface area contributed by atoms with Crippen LogP contribution < -0.4 is 5.73 Å². The Bertz CT molecular complexity index is 901. The van der Waals surface area contributed by atoms with Gasteiger partial charge in [0.1, 0.15) is 5.82 Å². The molecular formula is C25H41N5. The van der Waals surface area contributed by atoms with Crippen LogP contribution in [0.25, 0.3) is 11.0 Å². The summed E-state index contributed by atoms with van der Waals surface area (Å²) in [6.07, 6.45) is 7.60. The SMILES string of the molecule is C.C.C.Cc1cccc2[nH]c(CN(CCCCN)C3CCCc4cccnc43)nc12. The van der Waals surface area contributed by atoms with Crippen molar-refractivity contribution in [2.24, 2.45) is 5.73 Å². The average Bonchev–Trinajstić information content (AvgIpc) is 3.11. The van der Waals surface area contributed by atoms with Gasteiger partial charge in [-0.1, -0.05) is 40.5 Å². The summed E-state index contributed by atoms with van der Waals surface area (Å²) >= 11 is 0. The third-order valence-electron chi connectivity index (χ3n) is 5.62. The Morgan fingerprint density at radius 1 is 1.13 bits per heavy atom. The summed E-state index contributed by atoms with van der Waals surface area (Å²) in [5, 5.41) is 0. The van der Waals surface area contributed by atoms with Crippen LogP contribution in [0.1, 0.15) is 76.7 Å². The normalized spacial score (nSPS) is 15.1. The van der Waals surface area contributed by atoms with Crippen LogP contribution in [-0.4, -0.2) is 32.9 Å². The number of hydrogen-bond acceptors (Lipinski definition) is 4. The van der Waals surface area contributed by atoms with Crippen LogP contribution in [0.2, 0.25) is 0 Å². The largest absolute Gasteiger partial charge is 0.341 e. The monoisotopic (exact) mass is 411 g/mol. The van der Waals surface area contributed by atoms with Crippen molar-refractivity contribution in [3.63, 3.8) is 0 Å². The minimum Gasteiger partial charge on any atom is -0.341 e. The lowest BCUT2D eigenvalue weighted by molar-refractivity contribution is 0.159. The van der Waals surface area contributed by atoms with Crippen LogP contribution in [0.15, 0.2) is 36.5 Å². The first-order valence-corrected chi connectivity index (χ1v) is 10.1. The highest BCUT2D eigenvalue weighted by molar-refractivity contribution is 5.78. The van der Waals surface area contributed by atoms with Crippen LogP contribution in [0, 0.1) is 6.92 Å². The maximum atomic E-state index is 5.74. The summed E-state index contributed by atoms with van der Waals surface area (Å²) in [4.78, 5) is 15.7. The number of hydrogen-bond donors (Lipinski definition) is 2. The van der Waals surface area contributed by atoms with Crippen LogP contribution >= 0.6 is 0 Å². The van der Waals surface area contributed by atoms with E-state index >= 15 is 0 Å². The second-order valence-corrected chi connectivity index (χ2v) is 7.58. The molecule has 3 N–H and O–H groups in total. The quantitative estimate of drug-likeness (QED) is 0.483. The van der Waals surface area contributed by atoms with Gasteiger partial charge in [-0.2, -0.15) is 0 Å². The smallest absolute Gasteiger partial charge is 0.121 e. The summed E-state index contributed by atoms with van der Waals surface area (Å²) in [6.45, 7) is 4.71. The van der Waals surface area contributed by atoms with Gasteiger partial charge < -0.3 is 10.7 Å². The number of pyridine rings is 1. The molecule has 2 aromatic heterocycles. The second kappa shape index (κ2) is 11.8. The van der Waals surface area contributed by atoms with Gasteiger partial charge in [-0.05, 0) is 75.4 Å². The number of nitrogens with two attached hydrogens (primary N) is 1. The minimum absolute atomic E-state index is 0. The van der Waals surface area contributed by atoms with Crippen molar-refractivity contribution in [1.29, 1.82) is 0 Å². The Balaban J connectivity index is 0.00000150. The number of unbranched alkanes of at least 4 members (excludes halogenated alkanes) is 1. The number of nitrogens with one attached hydrogen (secondary N) is 1. The number of aromatic amines is 1. The third-order valence-corrected chi connectivity index (χ3v) is 5.62. The van der Waals surface area contributed by atoms with Crippen molar-refractivity contribution in [2.45, 2.75) is 73.9 Å². The molecule has 0 saturated heterocycles. The molecule has 0 aliphatic heterocycles. The van der Waals surface area contributed by atoms with E-state index in [4.69, 9.17) is 15.7 Å². The molecule has 2 heterocycles. The third kappa shape index (κ3) is 5.46. The zero-order chi connectivity index (χ0) is 18.6. The maximum absolute atomic E-state index is 5.74. The van der Waals surface area contributed by atoms with E-state index in [-0.39, 0.29) is 22.3 Å². The van der Waals surface area contributed by atoms with E-state index in [1.54, 1.807) is 0 Å². The van der Waals surface area contributed by atoms with Gasteiger partial charge in [0.2, 0.25) is 0 Å². The van der Waals surface area contributed by atoms with Gasteiger partial charge in [-0.15, -0.1) is 0 Å². The second-order valence-electron chi connectivity index (χ2n) is 7.58. The molecule has 3 aromatic rings. The summed E-state index contributed by atoms with van der Waals surface area (Å²) in [7, 11) is 0. The van der Waals surface area contributed by atoms with E-state index in [1.165, 1.54) is 23.2 Å². The molecule has 0 spiro atoms. The zero-order valence-corrected chi connectivity index (χ0v) is 16.1. The fourth-order valence-electron chi connectivity index (χ4n) is 4.24. The Morgan fingerprint density at radius 2 is 1.97 bits per heavy atom. The number of rotatable bonds is 7. The van der Waals surface area contributed by atoms with E-state index in [2.05, 4.69) is 47.1 Å². The molecule has 4 rings (SSSR count). The fraction of sp³-hybridized carbons (Fsp3) is 0.520.